The maximum absolute atomic E-state index is 14.5. The molecule has 8 aromatic carbocycles. The Morgan fingerprint density at radius 3 is 0.978 bits per heavy atom. The molecule has 16 nitrogen and oxygen atoms in total. The molecule has 0 bridgehead atoms. The van der Waals surface area contributed by atoms with Crippen LogP contribution in [-0.2, 0) is 106 Å². The van der Waals surface area contributed by atoms with Gasteiger partial charge in [0.25, 0.3) is 0 Å². The number of rotatable bonds is 34. The number of carbonyl (C=O) groups excluding carboxylic acids is 2. The molecule has 0 aromatic heterocycles. The summed E-state index contributed by atoms with van der Waals surface area (Å²) in [6.45, 7) is 4.97. The first-order valence-electron chi connectivity index (χ1n) is 31.8. The molecule has 3 heterocycles. The molecule has 0 spiro atoms. The maximum atomic E-state index is 14.5. The van der Waals surface area contributed by atoms with E-state index < -0.39 is 91.8 Å². The summed E-state index contributed by atoms with van der Waals surface area (Å²) in [6.07, 6.45) is -9.78. The van der Waals surface area contributed by atoms with Crippen molar-refractivity contribution in [2.75, 3.05) is 26.4 Å². The molecule has 11 rings (SSSR count). The second-order valence-corrected chi connectivity index (χ2v) is 22.9. The summed E-state index contributed by atoms with van der Waals surface area (Å²) in [5.41, 5.74) is 6.15. The fraction of sp³-hybridized carbons (Fsp3) is 0.325. The molecule has 3 fully saturated rings. The predicted molar refractivity (Wildman–Crippen MR) is 346 cm³/mol. The summed E-state index contributed by atoms with van der Waals surface area (Å²) < 4.78 is 95.1. The molecular formula is C77H80O16. The average molecular weight is 1260 g/mol. The van der Waals surface area contributed by atoms with Gasteiger partial charge in [0.2, 0.25) is 0 Å². The molecule has 0 aliphatic carbocycles. The van der Waals surface area contributed by atoms with Gasteiger partial charge < -0.3 is 66.3 Å². The Kier molecular flexibility index (Phi) is 25.2. The minimum Gasteiger partial charge on any atom is -0.450 e. The van der Waals surface area contributed by atoms with E-state index in [2.05, 4.69) is 6.58 Å². The van der Waals surface area contributed by atoms with E-state index in [1.165, 1.54) is 0 Å². The van der Waals surface area contributed by atoms with E-state index >= 15 is 0 Å². The third-order valence-electron chi connectivity index (χ3n) is 16.1. The lowest BCUT2D eigenvalue weighted by Gasteiger charge is -2.46. The monoisotopic (exact) mass is 1260 g/mol. The average Bonchev–Trinajstić information content (AvgIpc) is 1.80. The Morgan fingerprint density at radius 2 is 0.613 bits per heavy atom. The van der Waals surface area contributed by atoms with Gasteiger partial charge in [0, 0.05) is 0 Å². The molecular weight excluding hydrogens is 1180 g/mol. The third kappa shape index (κ3) is 19.3. The number of allylic oxidation sites excluding steroid dienone is 1. The van der Waals surface area contributed by atoms with E-state index in [0.29, 0.717) is 30.6 Å². The van der Waals surface area contributed by atoms with Crippen molar-refractivity contribution in [2.45, 2.75) is 132 Å². The summed E-state index contributed by atoms with van der Waals surface area (Å²) >= 11 is 0. The fourth-order valence-electron chi connectivity index (χ4n) is 11.3. The third-order valence-corrected chi connectivity index (χ3v) is 16.1. The lowest BCUT2D eigenvalue weighted by molar-refractivity contribution is -0.332. The van der Waals surface area contributed by atoms with Crippen LogP contribution in [-0.4, -0.2) is 118 Å². The number of carbonyl (C=O) groups is 2. The summed E-state index contributed by atoms with van der Waals surface area (Å²) in [6, 6.07) is 76.3. The first-order chi connectivity index (χ1) is 45.9. The van der Waals surface area contributed by atoms with Gasteiger partial charge in [-0.25, -0.2) is 9.59 Å². The van der Waals surface area contributed by atoms with Crippen molar-refractivity contribution in [1.82, 2.24) is 0 Å². The second-order valence-electron chi connectivity index (χ2n) is 22.9. The largest absolute Gasteiger partial charge is 0.450 e. The first kappa shape index (κ1) is 66.4. The van der Waals surface area contributed by atoms with E-state index in [9.17, 15) is 9.59 Å². The van der Waals surface area contributed by atoms with E-state index in [1.54, 1.807) is 48.5 Å². The van der Waals surface area contributed by atoms with Gasteiger partial charge in [0.1, 0.15) is 48.8 Å². The Hall–Kier alpha value is -8.04. The van der Waals surface area contributed by atoms with Crippen LogP contribution in [0.3, 0.4) is 0 Å². The van der Waals surface area contributed by atoms with Crippen LogP contribution >= 0.6 is 0 Å². The van der Waals surface area contributed by atoms with Crippen LogP contribution in [0.15, 0.2) is 255 Å². The zero-order valence-corrected chi connectivity index (χ0v) is 51.9. The van der Waals surface area contributed by atoms with E-state index in [0.717, 1.165) is 33.4 Å². The van der Waals surface area contributed by atoms with Gasteiger partial charge in [0.15, 0.2) is 31.1 Å². The molecule has 3 saturated heterocycles. The van der Waals surface area contributed by atoms with Gasteiger partial charge in [-0.15, -0.1) is 6.58 Å². The second kappa shape index (κ2) is 35.3. The SMILES string of the molecule is C=CCCCO[C@H]1O[C@H](CO[C@H]2O[C@H](CO[C@H]3O[C@H](COCc4ccccc4)[C@@H](OCc4ccccc4)[C@H](OCc4ccccc4)[C@@H]3OCc3ccccc3)[C@@H](OCc3ccccc3)[C@@H]2OC(=O)c2ccccc2)[C@@H](OCc2ccccc2)[C@@H]1OC(=O)c1ccccc1. The normalized spacial score (nSPS) is 24.3. The van der Waals surface area contributed by atoms with Crippen molar-refractivity contribution in [3.8, 4) is 0 Å². The van der Waals surface area contributed by atoms with Crippen LogP contribution in [0.4, 0.5) is 0 Å². The van der Waals surface area contributed by atoms with Crippen molar-refractivity contribution in [3.63, 3.8) is 0 Å². The van der Waals surface area contributed by atoms with Gasteiger partial charge in [0.05, 0.1) is 77.2 Å². The van der Waals surface area contributed by atoms with E-state index in [-0.39, 0.29) is 59.5 Å². The van der Waals surface area contributed by atoms with Crippen LogP contribution in [0.2, 0.25) is 0 Å². The van der Waals surface area contributed by atoms with Crippen molar-refractivity contribution in [2.24, 2.45) is 0 Å². The molecule has 0 unspecified atom stereocenters. The van der Waals surface area contributed by atoms with Gasteiger partial charge >= 0.3 is 11.9 Å². The van der Waals surface area contributed by atoms with E-state index in [1.807, 2.05) is 200 Å². The minimum absolute atomic E-state index is 0.0906. The molecule has 0 saturated carbocycles. The zero-order valence-electron chi connectivity index (χ0n) is 51.9. The zero-order chi connectivity index (χ0) is 63.7. The van der Waals surface area contributed by atoms with Crippen molar-refractivity contribution < 1.29 is 75.9 Å². The van der Waals surface area contributed by atoms with Gasteiger partial charge in [-0.2, -0.15) is 0 Å². The molecule has 3 aliphatic heterocycles. The van der Waals surface area contributed by atoms with Gasteiger partial charge in [-0.3, -0.25) is 0 Å². The number of hydrogen-bond donors (Lipinski definition) is 0. The highest BCUT2D eigenvalue weighted by Crippen LogP contribution is 2.37. The number of benzene rings is 8. The highest BCUT2D eigenvalue weighted by atomic mass is 16.8. The van der Waals surface area contributed by atoms with Crippen LogP contribution in [0.5, 0.6) is 0 Å². The lowest BCUT2D eigenvalue weighted by Crippen LogP contribution is -2.62. The number of ether oxygens (including phenoxy) is 14. The molecule has 3 aliphatic rings. The quantitative estimate of drug-likeness (QED) is 0.0212. The minimum atomic E-state index is -1.31. The Bertz CT molecular complexity index is 3430. The van der Waals surface area contributed by atoms with Crippen LogP contribution in [0, 0.1) is 0 Å². The molecule has 8 aromatic rings. The Balaban J connectivity index is 0.923. The molecule has 0 N–H and O–H groups in total. The van der Waals surface area contributed by atoms with Crippen molar-refractivity contribution in [1.29, 1.82) is 0 Å². The van der Waals surface area contributed by atoms with E-state index in [4.69, 9.17) is 66.3 Å². The summed E-state index contributed by atoms with van der Waals surface area (Å²) in [4.78, 5) is 28.4. The highest BCUT2D eigenvalue weighted by Gasteiger charge is 2.54. The van der Waals surface area contributed by atoms with Gasteiger partial charge in [-0.05, 0) is 70.5 Å². The lowest BCUT2D eigenvalue weighted by atomic mass is 9.97. The number of unbranched alkanes of at least 4 members (excludes halogenated alkanes) is 1. The first-order valence-corrected chi connectivity index (χ1v) is 31.8. The van der Waals surface area contributed by atoms with Gasteiger partial charge in [-0.1, -0.05) is 224 Å². The topological polar surface area (TPSA) is 163 Å². The maximum Gasteiger partial charge on any atom is 0.338 e. The highest BCUT2D eigenvalue weighted by molar-refractivity contribution is 5.90. The van der Waals surface area contributed by atoms with Crippen molar-refractivity contribution >= 4 is 11.9 Å². The standard InChI is InChI=1S/C77H80O16/c1-2-3-28-45-81-76-71(92-73(78)61-41-24-10-25-42-61)67(83-48-57-33-16-6-17-34-57)64(90-76)54-88-77-72(93-74(79)62-43-26-11-27-44-62)68(84-49-58-35-18-7-19-36-58)65(91-77)53-87-75-70(86-51-60-39-22-9-23-40-60)69(85-50-59-37-20-8-21-38-59)66(82-47-56-31-14-5-15-32-56)63(89-75)52-80-46-55-29-12-4-13-30-55/h2,4-27,29-44,63-72,75-77H,1,3,28,45-54H2/t63-,64-,65-,66-,67-,68-,69+,70+,71+,72+,75+,76+,77+/m1/s1. The number of esters is 2. The fourth-order valence-corrected chi connectivity index (χ4v) is 11.3. The summed E-state index contributed by atoms with van der Waals surface area (Å²) in [7, 11) is 0. The van der Waals surface area contributed by atoms with Crippen LogP contribution in [0.25, 0.3) is 0 Å². The summed E-state index contributed by atoms with van der Waals surface area (Å²) in [5.74, 6) is -1.23. The molecule has 0 radical (unpaired) electrons. The predicted octanol–water partition coefficient (Wildman–Crippen LogP) is 12.8. The molecule has 16 heteroatoms. The molecule has 0 amide bonds. The van der Waals surface area contributed by atoms with Crippen LogP contribution in [0.1, 0.15) is 66.9 Å². The van der Waals surface area contributed by atoms with Crippen LogP contribution < -0.4 is 0 Å². The number of hydrogen-bond acceptors (Lipinski definition) is 16. The Labute approximate surface area is 544 Å². The molecule has 13 atom stereocenters. The van der Waals surface area contributed by atoms with Crippen molar-refractivity contribution in [3.05, 3.63) is 300 Å². The summed E-state index contributed by atoms with van der Waals surface area (Å²) in [5, 5.41) is 0. The molecule has 484 valence electrons. The molecule has 93 heavy (non-hydrogen) atoms. The Morgan fingerprint density at radius 1 is 0.323 bits per heavy atom. The smallest absolute Gasteiger partial charge is 0.338 e.